The van der Waals surface area contributed by atoms with E-state index in [-0.39, 0.29) is 5.92 Å². The maximum atomic E-state index is 13.0. The van der Waals surface area contributed by atoms with E-state index in [1.165, 1.54) is 12.1 Å². The van der Waals surface area contributed by atoms with Gasteiger partial charge >= 0.3 is 5.97 Å². The Morgan fingerprint density at radius 2 is 2.11 bits per heavy atom. The monoisotopic (exact) mass is 248 g/mol. The molecule has 1 aliphatic heterocycles. The van der Waals surface area contributed by atoms with Crippen LogP contribution >= 0.6 is 0 Å². The van der Waals surface area contributed by atoms with E-state index >= 15 is 0 Å². The van der Waals surface area contributed by atoms with E-state index in [1.807, 2.05) is 11.0 Å². The smallest absolute Gasteiger partial charge is 0.306 e. The number of aliphatic carboxylic acids is 1. The first-order valence-corrected chi connectivity index (χ1v) is 5.79. The Hall–Kier alpha value is -2.09. The van der Waals surface area contributed by atoms with E-state index in [4.69, 9.17) is 10.4 Å². The number of benzene rings is 1. The Morgan fingerprint density at radius 3 is 2.67 bits per heavy atom. The van der Waals surface area contributed by atoms with Gasteiger partial charge in [-0.2, -0.15) is 5.26 Å². The van der Waals surface area contributed by atoms with Crippen molar-refractivity contribution in [3.05, 3.63) is 29.6 Å². The molecular formula is C13H13FN2O2. The number of carboxylic acids is 1. The maximum absolute atomic E-state index is 13.0. The van der Waals surface area contributed by atoms with Crippen molar-refractivity contribution in [3.63, 3.8) is 0 Å². The average Bonchev–Trinajstić information content (AvgIpc) is 2.38. The fraction of sp³-hybridized carbons (Fsp3) is 0.385. The highest BCUT2D eigenvalue weighted by atomic mass is 19.1. The van der Waals surface area contributed by atoms with Crippen molar-refractivity contribution < 1.29 is 14.3 Å². The van der Waals surface area contributed by atoms with Crippen LogP contribution in [0.5, 0.6) is 0 Å². The summed E-state index contributed by atoms with van der Waals surface area (Å²) in [6, 6.07) is 6.07. The van der Waals surface area contributed by atoms with Crippen LogP contribution in [0.25, 0.3) is 0 Å². The summed E-state index contributed by atoms with van der Waals surface area (Å²) in [4.78, 5) is 12.8. The van der Waals surface area contributed by atoms with Gasteiger partial charge < -0.3 is 10.0 Å². The predicted molar refractivity (Wildman–Crippen MR) is 63.7 cm³/mol. The minimum atomic E-state index is -0.769. The van der Waals surface area contributed by atoms with E-state index in [2.05, 4.69) is 0 Å². The van der Waals surface area contributed by atoms with Crippen molar-refractivity contribution in [2.24, 2.45) is 5.92 Å². The van der Waals surface area contributed by atoms with Gasteiger partial charge in [-0.05, 0) is 31.0 Å². The molecule has 1 heterocycles. The topological polar surface area (TPSA) is 64.3 Å². The summed E-state index contributed by atoms with van der Waals surface area (Å²) in [6.45, 7) is 1.16. The third-order valence-electron chi connectivity index (χ3n) is 3.26. The Labute approximate surface area is 104 Å². The van der Waals surface area contributed by atoms with Gasteiger partial charge in [0.1, 0.15) is 11.9 Å². The van der Waals surface area contributed by atoms with Crippen LogP contribution in [0.2, 0.25) is 0 Å². The lowest BCUT2D eigenvalue weighted by atomic mass is 9.96. The molecule has 0 saturated carbocycles. The average molecular weight is 248 g/mol. The zero-order chi connectivity index (χ0) is 13.1. The summed E-state index contributed by atoms with van der Waals surface area (Å²) < 4.78 is 13.0. The molecule has 0 unspecified atom stereocenters. The van der Waals surface area contributed by atoms with Crippen LogP contribution in [0.15, 0.2) is 18.2 Å². The van der Waals surface area contributed by atoms with Crippen molar-refractivity contribution in [3.8, 4) is 6.07 Å². The van der Waals surface area contributed by atoms with Gasteiger partial charge in [0.25, 0.3) is 0 Å². The Morgan fingerprint density at radius 1 is 1.44 bits per heavy atom. The van der Waals surface area contributed by atoms with Gasteiger partial charge in [-0.3, -0.25) is 4.79 Å². The predicted octanol–water partition coefficient (Wildman–Crippen LogP) is 2.00. The number of carboxylic acid groups (broad SMARTS) is 1. The van der Waals surface area contributed by atoms with Crippen molar-refractivity contribution in [1.29, 1.82) is 5.26 Å². The van der Waals surface area contributed by atoms with Crippen LogP contribution in [0, 0.1) is 23.1 Å². The molecule has 0 bridgehead atoms. The number of nitrogens with zero attached hydrogens (tertiary/aromatic N) is 2. The SMILES string of the molecule is N#Cc1cc(F)ccc1N1CCC(C(=O)O)CC1. The van der Waals surface area contributed by atoms with Gasteiger partial charge in [0.2, 0.25) is 0 Å². The first-order chi connectivity index (χ1) is 8.61. The van der Waals surface area contributed by atoms with E-state index in [0.717, 1.165) is 0 Å². The number of hydrogen-bond acceptors (Lipinski definition) is 3. The lowest BCUT2D eigenvalue weighted by Gasteiger charge is -2.32. The first kappa shape index (κ1) is 12.4. The number of carbonyl (C=O) groups is 1. The minimum Gasteiger partial charge on any atom is -0.481 e. The van der Waals surface area contributed by atoms with Crippen LogP contribution in [-0.2, 0) is 4.79 Å². The molecule has 4 nitrogen and oxygen atoms in total. The molecule has 0 spiro atoms. The number of hydrogen-bond donors (Lipinski definition) is 1. The Kier molecular flexibility index (Phi) is 3.47. The molecule has 1 N–H and O–H groups in total. The van der Waals surface area contributed by atoms with Gasteiger partial charge in [0.05, 0.1) is 17.2 Å². The summed E-state index contributed by atoms with van der Waals surface area (Å²) in [6.07, 6.45) is 1.11. The molecule has 0 aliphatic carbocycles. The molecule has 2 rings (SSSR count). The first-order valence-electron chi connectivity index (χ1n) is 5.79. The van der Waals surface area contributed by atoms with Crippen molar-refractivity contribution in [2.75, 3.05) is 18.0 Å². The van der Waals surface area contributed by atoms with Gasteiger partial charge in [-0.15, -0.1) is 0 Å². The molecular weight excluding hydrogens is 235 g/mol. The van der Waals surface area contributed by atoms with E-state index in [1.54, 1.807) is 6.07 Å². The second-order valence-electron chi connectivity index (χ2n) is 4.37. The van der Waals surface area contributed by atoms with Crippen LogP contribution in [0.4, 0.5) is 10.1 Å². The van der Waals surface area contributed by atoms with Gasteiger partial charge in [0.15, 0.2) is 0 Å². The van der Waals surface area contributed by atoms with Gasteiger partial charge in [-0.1, -0.05) is 0 Å². The molecule has 0 atom stereocenters. The number of halogens is 1. The van der Waals surface area contributed by atoms with Crippen molar-refractivity contribution in [2.45, 2.75) is 12.8 Å². The van der Waals surface area contributed by atoms with E-state index in [0.29, 0.717) is 37.2 Å². The Bertz CT molecular complexity index is 502. The van der Waals surface area contributed by atoms with Crippen LogP contribution in [0.1, 0.15) is 18.4 Å². The standard InChI is InChI=1S/C13H13FN2O2/c14-11-1-2-12(10(7-11)8-15)16-5-3-9(4-6-16)13(17)18/h1-2,7,9H,3-6H2,(H,17,18). The molecule has 1 fully saturated rings. The summed E-state index contributed by atoms with van der Waals surface area (Å²) >= 11 is 0. The second-order valence-corrected chi connectivity index (χ2v) is 4.37. The third-order valence-corrected chi connectivity index (χ3v) is 3.26. The molecule has 5 heteroatoms. The fourth-order valence-electron chi connectivity index (χ4n) is 2.24. The highest BCUT2D eigenvalue weighted by Gasteiger charge is 2.25. The van der Waals surface area contributed by atoms with Crippen LogP contribution in [-0.4, -0.2) is 24.2 Å². The highest BCUT2D eigenvalue weighted by Crippen LogP contribution is 2.26. The molecule has 0 amide bonds. The second kappa shape index (κ2) is 5.05. The molecule has 18 heavy (non-hydrogen) atoms. The van der Waals surface area contributed by atoms with Crippen molar-refractivity contribution >= 4 is 11.7 Å². The number of piperidine rings is 1. The fourth-order valence-corrected chi connectivity index (χ4v) is 2.24. The minimum absolute atomic E-state index is 0.295. The summed E-state index contributed by atoms with van der Waals surface area (Å²) in [5.74, 6) is -1.52. The summed E-state index contributed by atoms with van der Waals surface area (Å²) in [5.41, 5.74) is 0.978. The summed E-state index contributed by atoms with van der Waals surface area (Å²) in [7, 11) is 0. The maximum Gasteiger partial charge on any atom is 0.306 e. The third kappa shape index (κ3) is 2.43. The quantitative estimate of drug-likeness (QED) is 0.869. The molecule has 1 saturated heterocycles. The normalized spacial score (nSPS) is 16.3. The number of anilines is 1. The molecule has 94 valence electrons. The Balaban J connectivity index is 2.15. The largest absolute Gasteiger partial charge is 0.481 e. The molecule has 1 aromatic carbocycles. The number of nitriles is 1. The molecule has 1 aliphatic rings. The van der Waals surface area contributed by atoms with E-state index in [9.17, 15) is 9.18 Å². The lowest BCUT2D eigenvalue weighted by Crippen LogP contribution is -2.36. The number of rotatable bonds is 2. The van der Waals surface area contributed by atoms with Gasteiger partial charge in [0, 0.05) is 13.1 Å². The molecule has 0 aromatic heterocycles. The van der Waals surface area contributed by atoms with Gasteiger partial charge in [-0.25, -0.2) is 4.39 Å². The molecule has 1 aromatic rings. The van der Waals surface area contributed by atoms with Crippen LogP contribution in [0.3, 0.4) is 0 Å². The zero-order valence-electron chi connectivity index (χ0n) is 9.77. The summed E-state index contributed by atoms with van der Waals surface area (Å²) in [5, 5.41) is 17.9. The highest BCUT2D eigenvalue weighted by molar-refractivity contribution is 5.70. The molecule has 0 radical (unpaired) electrons. The van der Waals surface area contributed by atoms with Crippen LogP contribution < -0.4 is 4.90 Å². The van der Waals surface area contributed by atoms with Crippen molar-refractivity contribution in [1.82, 2.24) is 0 Å². The van der Waals surface area contributed by atoms with E-state index < -0.39 is 11.8 Å². The zero-order valence-corrected chi connectivity index (χ0v) is 9.77. The lowest BCUT2D eigenvalue weighted by molar-refractivity contribution is -0.142.